The molecule has 0 aromatic heterocycles. The molecule has 186 valence electrons. The number of esters is 1. The first-order chi connectivity index (χ1) is 16.5. The molecule has 12 heteroatoms. The number of rotatable bonds is 8. The van der Waals surface area contributed by atoms with Gasteiger partial charge in [0, 0.05) is 10.7 Å². The lowest BCUT2D eigenvalue weighted by Gasteiger charge is -2.24. The van der Waals surface area contributed by atoms with Gasteiger partial charge in [-0.25, -0.2) is 4.79 Å². The van der Waals surface area contributed by atoms with Crippen molar-refractivity contribution < 1.29 is 23.9 Å². The van der Waals surface area contributed by atoms with E-state index in [9.17, 15) is 19.2 Å². The molecule has 0 saturated carbocycles. The Kier molecular flexibility index (Phi) is 8.94. The van der Waals surface area contributed by atoms with Crippen molar-refractivity contribution in [2.24, 2.45) is 0 Å². The number of unbranched alkanes of at least 4 members (excludes halogenated alkanes) is 1. The lowest BCUT2D eigenvalue weighted by Crippen LogP contribution is -2.46. The molecule has 3 amide bonds. The number of nitrogens with zero attached hydrogens (tertiary/aromatic N) is 1. The second-order valence-electron chi connectivity index (χ2n) is 7.76. The number of anilines is 1. The lowest BCUT2D eigenvalue weighted by atomic mass is 10.1. The zero-order valence-electron chi connectivity index (χ0n) is 18.5. The number of amides is 3. The average Bonchev–Trinajstić information content (AvgIpc) is 3.08. The molecular formula is C23H19Cl5N2O5. The molecule has 2 aromatic carbocycles. The summed E-state index contributed by atoms with van der Waals surface area (Å²) in [5.41, 5.74) is 0.741. The van der Waals surface area contributed by atoms with Gasteiger partial charge in [-0.3, -0.25) is 19.3 Å². The molecular weight excluding hydrogens is 562 g/mol. The minimum Gasteiger partial charge on any atom is -0.454 e. The number of ether oxygens (including phenoxy) is 1. The normalized spacial score (nSPS) is 13.6. The number of fused-ring (bicyclic) bond motifs is 1. The van der Waals surface area contributed by atoms with Crippen LogP contribution in [-0.4, -0.2) is 41.2 Å². The Labute approximate surface area is 226 Å². The van der Waals surface area contributed by atoms with Crippen molar-refractivity contribution >= 4 is 87.4 Å². The summed E-state index contributed by atoms with van der Waals surface area (Å²) in [6.45, 7) is 3.00. The van der Waals surface area contributed by atoms with Crippen LogP contribution in [0, 0.1) is 6.92 Å². The summed E-state index contributed by atoms with van der Waals surface area (Å²) < 4.78 is 5.17. The second-order valence-corrected chi connectivity index (χ2v) is 9.71. The number of hydrogen-bond acceptors (Lipinski definition) is 5. The monoisotopic (exact) mass is 578 g/mol. The topological polar surface area (TPSA) is 92.8 Å². The summed E-state index contributed by atoms with van der Waals surface area (Å²) in [5, 5.41) is 2.19. The molecule has 3 rings (SSSR count). The van der Waals surface area contributed by atoms with Crippen LogP contribution in [0.25, 0.3) is 0 Å². The fourth-order valence-corrected chi connectivity index (χ4v) is 4.73. The molecule has 1 heterocycles. The van der Waals surface area contributed by atoms with Crippen molar-refractivity contribution in [2.75, 3.05) is 11.9 Å². The zero-order valence-corrected chi connectivity index (χ0v) is 22.3. The SMILES string of the molecule is CCCC[C@@H](C(=O)OCC(=O)Nc1cc(Cl)ccc1C)N1C(=O)c2c(Cl)c(Cl)c(Cl)c(Cl)c2C1=O. The minimum atomic E-state index is -1.31. The molecule has 1 aliphatic heterocycles. The number of hydrogen-bond donors (Lipinski definition) is 1. The van der Waals surface area contributed by atoms with Gasteiger partial charge in [0.05, 0.1) is 31.2 Å². The molecule has 1 aliphatic rings. The molecule has 0 saturated heterocycles. The van der Waals surface area contributed by atoms with Crippen LogP contribution in [0.1, 0.15) is 52.5 Å². The van der Waals surface area contributed by atoms with E-state index in [0.29, 0.717) is 23.6 Å². The lowest BCUT2D eigenvalue weighted by molar-refractivity contribution is -0.151. The number of carbonyl (C=O) groups excluding carboxylic acids is 4. The second kappa shape index (κ2) is 11.4. The Bertz CT molecular complexity index is 1190. The van der Waals surface area contributed by atoms with E-state index in [1.165, 1.54) is 0 Å². The van der Waals surface area contributed by atoms with E-state index < -0.39 is 36.3 Å². The van der Waals surface area contributed by atoms with Crippen molar-refractivity contribution in [3.8, 4) is 0 Å². The Hall–Kier alpha value is -2.03. The van der Waals surface area contributed by atoms with E-state index in [1.807, 2.05) is 6.92 Å². The Morgan fingerprint density at radius 1 is 0.971 bits per heavy atom. The molecule has 1 N–H and O–H groups in total. The number of carbonyl (C=O) groups is 4. The highest BCUT2D eigenvalue weighted by atomic mass is 35.5. The first kappa shape index (κ1) is 27.6. The van der Waals surface area contributed by atoms with Gasteiger partial charge in [-0.2, -0.15) is 0 Å². The van der Waals surface area contributed by atoms with Crippen molar-refractivity contribution in [1.29, 1.82) is 0 Å². The highest BCUT2D eigenvalue weighted by Crippen LogP contribution is 2.45. The summed E-state index contributed by atoms with van der Waals surface area (Å²) in [6.07, 6.45) is 1.26. The number of nitrogens with one attached hydrogen (secondary N) is 1. The molecule has 0 fully saturated rings. The van der Waals surface area contributed by atoms with E-state index in [0.717, 1.165) is 10.5 Å². The van der Waals surface area contributed by atoms with Gasteiger partial charge in [-0.05, 0) is 31.0 Å². The van der Waals surface area contributed by atoms with Crippen molar-refractivity contribution in [3.05, 3.63) is 60.0 Å². The Balaban J connectivity index is 1.81. The summed E-state index contributed by atoms with van der Waals surface area (Å²) >= 11 is 30.4. The number of halogens is 5. The smallest absolute Gasteiger partial charge is 0.329 e. The number of aryl methyl sites for hydroxylation is 1. The molecule has 1 atom stereocenters. The Morgan fingerprint density at radius 2 is 1.54 bits per heavy atom. The van der Waals surface area contributed by atoms with Crippen LogP contribution < -0.4 is 5.32 Å². The average molecular weight is 581 g/mol. The van der Waals surface area contributed by atoms with Crippen LogP contribution in [0.2, 0.25) is 25.1 Å². The largest absolute Gasteiger partial charge is 0.454 e. The maximum Gasteiger partial charge on any atom is 0.329 e. The maximum absolute atomic E-state index is 13.2. The summed E-state index contributed by atoms with van der Waals surface area (Å²) in [7, 11) is 0. The fraction of sp³-hybridized carbons (Fsp3) is 0.304. The molecule has 7 nitrogen and oxygen atoms in total. The van der Waals surface area contributed by atoms with Crippen LogP contribution in [0.5, 0.6) is 0 Å². The summed E-state index contributed by atoms with van der Waals surface area (Å²) in [5.74, 6) is -3.26. The highest BCUT2D eigenvalue weighted by Gasteiger charge is 2.47. The molecule has 35 heavy (non-hydrogen) atoms. The van der Waals surface area contributed by atoms with Crippen molar-refractivity contribution in [3.63, 3.8) is 0 Å². The first-order valence-corrected chi connectivity index (χ1v) is 12.3. The predicted octanol–water partition coefficient (Wildman–Crippen LogP) is 6.60. The van der Waals surface area contributed by atoms with Crippen LogP contribution in [0.4, 0.5) is 5.69 Å². The third kappa shape index (κ3) is 5.54. The zero-order chi connectivity index (χ0) is 26.0. The summed E-state index contributed by atoms with van der Waals surface area (Å²) in [4.78, 5) is 52.4. The van der Waals surface area contributed by atoms with Gasteiger partial charge in [0.1, 0.15) is 6.04 Å². The van der Waals surface area contributed by atoms with Gasteiger partial charge in [0.25, 0.3) is 17.7 Å². The number of imide groups is 1. The van der Waals surface area contributed by atoms with E-state index >= 15 is 0 Å². The van der Waals surface area contributed by atoms with Crippen LogP contribution in [-0.2, 0) is 14.3 Å². The van der Waals surface area contributed by atoms with Gasteiger partial charge in [0.15, 0.2) is 6.61 Å². The predicted molar refractivity (Wildman–Crippen MR) is 136 cm³/mol. The minimum absolute atomic E-state index is 0.104. The van der Waals surface area contributed by atoms with E-state index in [-0.39, 0.29) is 37.6 Å². The standard InChI is InChI=1S/C23H19Cl5N2O5/c1-3-4-5-13(23(34)35-9-14(31)29-12-8-11(24)7-6-10(12)2)30-21(32)15-16(22(30)33)18(26)20(28)19(27)17(15)25/h6-8,13H,3-5,9H2,1-2H3,(H,29,31)/t13-/m0/s1. The molecule has 0 aliphatic carbocycles. The van der Waals surface area contributed by atoms with E-state index in [1.54, 1.807) is 25.1 Å². The van der Waals surface area contributed by atoms with Gasteiger partial charge in [0.2, 0.25) is 0 Å². The highest BCUT2D eigenvalue weighted by molar-refractivity contribution is 6.55. The van der Waals surface area contributed by atoms with Gasteiger partial charge >= 0.3 is 5.97 Å². The van der Waals surface area contributed by atoms with E-state index in [2.05, 4.69) is 5.32 Å². The fourth-order valence-electron chi connectivity index (χ4n) is 3.55. The molecule has 0 spiro atoms. The van der Waals surface area contributed by atoms with Crippen LogP contribution in [0.3, 0.4) is 0 Å². The van der Waals surface area contributed by atoms with E-state index in [4.69, 9.17) is 62.7 Å². The Morgan fingerprint density at radius 3 is 2.09 bits per heavy atom. The third-order valence-corrected chi connectivity index (χ3v) is 7.40. The molecule has 0 bridgehead atoms. The first-order valence-electron chi connectivity index (χ1n) is 10.5. The summed E-state index contributed by atoms with van der Waals surface area (Å²) in [6, 6.07) is 3.64. The quantitative estimate of drug-likeness (QED) is 0.164. The van der Waals surface area contributed by atoms with Gasteiger partial charge < -0.3 is 10.1 Å². The van der Waals surface area contributed by atoms with Gasteiger partial charge in [-0.1, -0.05) is 83.8 Å². The van der Waals surface area contributed by atoms with Gasteiger partial charge in [-0.15, -0.1) is 0 Å². The van der Waals surface area contributed by atoms with Crippen LogP contribution >= 0.6 is 58.0 Å². The maximum atomic E-state index is 13.2. The molecule has 0 radical (unpaired) electrons. The number of benzene rings is 2. The van der Waals surface area contributed by atoms with Crippen LogP contribution in [0.15, 0.2) is 18.2 Å². The third-order valence-electron chi connectivity index (χ3n) is 5.37. The van der Waals surface area contributed by atoms with Crippen molar-refractivity contribution in [1.82, 2.24) is 4.90 Å². The molecule has 2 aromatic rings. The van der Waals surface area contributed by atoms with Crippen molar-refractivity contribution in [2.45, 2.75) is 39.2 Å². The molecule has 0 unspecified atom stereocenters.